The van der Waals surface area contributed by atoms with E-state index in [1.165, 1.54) is 0 Å². The number of rotatable bonds is 3. The third-order valence-electron chi connectivity index (χ3n) is 2.89. The lowest BCUT2D eigenvalue weighted by atomic mass is 10.1. The molecule has 1 saturated heterocycles. The fourth-order valence-electron chi connectivity index (χ4n) is 1.76. The Balaban J connectivity index is 1.93. The number of likely N-dealkylation sites (tertiary alicyclic amines) is 1. The molecule has 0 atom stereocenters. The van der Waals surface area contributed by atoms with Crippen LogP contribution in [0.4, 0.5) is 0 Å². The van der Waals surface area contributed by atoms with Gasteiger partial charge in [0.05, 0.1) is 12.2 Å². The van der Waals surface area contributed by atoms with Gasteiger partial charge in [-0.25, -0.2) is 0 Å². The molecule has 2 rings (SSSR count). The monoisotopic (exact) mass is 194 g/mol. The predicted molar refractivity (Wildman–Crippen MR) is 55.9 cm³/mol. The molecule has 0 amide bonds. The minimum absolute atomic E-state index is 0.553. The van der Waals surface area contributed by atoms with E-state index in [-0.39, 0.29) is 0 Å². The molecule has 1 aromatic rings. The van der Waals surface area contributed by atoms with Gasteiger partial charge in [-0.1, -0.05) is 0 Å². The second-order valence-corrected chi connectivity index (χ2v) is 4.23. The molecule has 0 unspecified atom stereocenters. The van der Waals surface area contributed by atoms with Crippen LogP contribution in [0.25, 0.3) is 0 Å². The van der Waals surface area contributed by atoms with Crippen LogP contribution in [-0.4, -0.2) is 33.8 Å². The van der Waals surface area contributed by atoms with Gasteiger partial charge in [-0.2, -0.15) is 5.10 Å². The average molecular weight is 194 g/mol. The van der Waals surface area contributed by atoms with E-state index in [9.17, 15) is 0 Å². The van der Waals surface area contributed by atoms with Gasteiger partial charge in [-0.3, -0.25) is 9.58 Å². The van der Waals surface area contributed by atoms with Gasteiger partial charge in [0.15, 0.2) is 0 Å². The summed E-state index contributed by atoms with van der Waals surface area (Å²) in [5.74, 6) is 0. The minimum Gasteiger partial charge on any atom is -0.326 e. The topological polar surface area (TPSA) is 47.1 Å². The fourth-order valence-corrected chi connectivity index (χ4v) is 1.76. The molecule has 4 nitrogen and oxygen atoms in total. The average Bonchev–Trinajstić information content (AvgIpc) is 2.49. The SMILES string of the molecule is CC(C)N1CC(n2cc(CN)cn2)C1. The van der Waals surface area contributed by atoms with E-state index in [2.05, 4.69) is 30.0 Å². The van der Waals surface area contributed by atoms with Crippen molar-refractivity contribution < 1.29 is 0 Å². The molecule has 0 spiro atoms. The third kappa shape index (κ3) is 1.67. The van der Waals surface area contributed by atoms with Crippen LogP contribution in [0.15, 0.2) is 12.4 Å². The Morgan fingerprint density at radius 2 is 2.29 bits per heavy atom. The van der Waals surface area contributed by atoms with Crippen LogP contribution in [0.2, 0.25) is 0 Å². The normalized spacial score (nSPS) is 18.9. The first kappa shape index (κ1) is 9.68. The van der Waals surface area contributed by atoms with Crippen LogP contribution in [0.5, 0.6) is 0 Å². The second-order valence-electron chi connectivity index (χ2n) is 4.23. The first-order chi connectivity index (χ1) is 6.70. The Hall–Kier alpha value is -0.870. The standard InChI is InChI=1S/C10H18N4/c1-8(2)13-6-10(7-13)14-5-9(3-11)4-12-14/h4-5,8,10H,3,6-7,11H2,1-2H3. The highest BCUT2D eigenvalue weighted by Crippen LogP contribution is 2.22. The number of hydrogen-bond acceptors (Lipinski definition) is 3. The molecule has 1 fully saturated rings. The van der Waals surface area contributed by atoms with Crippen molar-refractivity contribution in [3.05, 3.63) is 18.0 Å². The van der Waals surface area contributed by atoms with Gasteiger partial charge in [-0.15, -0.1) is 0 Å². The summed E-state index contributed by atoms with van der Waals surface area (Å²) in [7, 11) is 0. The largest absolute Gasteiger partial charge is 0.326 e. The maximum atomic E-state index is 5.53. The summed E-state index contributed by atoms with van der Waals surface area (Å²) in [6.07, 6.45) is 3.92. The molecule has 0 saturated carbocycles. The van der Waals surface area contributed by atoms with E-state index >= 15 is 0 Å². The summed E-state index contributed by atoms with van der Waals surface area (Å²) in [6.45, 7) is 7.27. The van der Waals surface area contributed by atoms with Crippen LogP contribution in [0.3, 0.4) is 0 Å². The highest BCUT2D eigenvalue weighted by Gasteiger charge is 2.30. The molecule has 0 aromatic carbocycles. The van der Waals surface area contributed by atoms with E-state index < -0.39 is 0 Å². The summed E-state index contributed by atoms with van der Waals surface area (Å²) >= 11 is 0. The van der Waals surface area contributed by atoms with E-state index in [0.29, 0.717) is 18.6 Å². The van der Waals surface area contributed by atoms with Gasteiger partial charge in [0.2, 0.25) is 0 Å². The Bertz CT molecular complexity index is 299. The number of hydrogen-bond donors (Lipinski definition) is 1. The molecular weight excluding hydrogens is 176 g/mol. The van der Waals surface area contributed by atoms with Crippen LogP contribution in [-0.2, 0) is 6.54 Å². The summed E-state index contributed by atoms with van der Waals surface area (Å²) < 4.78 is 2.04. The van der Waals surface area contributed by atoms with Crippen molar-refractivity contribution in [3.8, 4) is 0 Å². The van der Waals surface area contributed by atoms with Gasteiger partial charge < -0.3 is 5.73 Å². The van der Waals surface area contributed by atoms with Crippen molar-refractivity contribution in [2.24, 2.45) is 5.73 Å². The highest BCUT2D eigenvalue weighted by molar-refractivity contribution is 5.04. The Kier molecular flexibility index (Phi) is 2.56. The third-order valence-corrected chi connectivity index (χ3v) is 2.89. The molecule has 1 aliphatic heterocycles. The number of aromatic nitrogens is 2. The van der Waals surface area contributed by atoms with Crippen LogP contribution in [0.1, 0.15) is 25.5 Å². The molecule has 0 aliphatic carbocycles. The summed E-state index contributed by atoms with van der Waals surface area (Å²) in [5, 5.41) is 4.31. The molecule has 1 aromatic heterocycles. The second kappa shape index (κ2) is 3.71. The van der Waals surface area contributed by atoms with Gasteiger partial charge in [0.25, 0.3) is 0 Å². The first-order valence-electron chi connectivity index (χ1n) is 5.18. The highest BCUT2D eigenvalue weighted by atomic mass is 15.4. The first-order valence-corrected chi connectivity index (χ1v) is 5.18. The maximum absolute atomic E-state index is 5.53. The van der Waals surface area contributed by atoms with Gasteiger partial charge in [0.1, 0.15) is 0 Å². The Labute approximate surface area is 84.7 Å². The lowest BCUT2D eigenvalue weighted by molar-refractivity contribution is 0.0675. The van der Waals surface area contributed by atoms with E-state index in [0.717, 1.165) is 18.7 Å². The van der Waals surface area contributed by atoms with Crippen LogP contribution in [0, 0.1) is 0 Å². The number of nitrogens with two attached hydrogens (primary N) is 1. The molecule has 2 N–H and O–H groups in total. The van der Waals surface area contributed by atoms with Crippen molar-refractivity contribution in [1.82, 2.24) is 14.7 Å². The maximum Gasteiger partial charge on any atom is 0.0773 e. The van der Waals surface area contributed by atoms with Crippen molar-refractivity contribution >= 4 is 0 Å². The Morgan fingerprint density at radius 1 is 1.57 bits per heavy atom. The van der Waals surface area contributed by atoms with Gasteiger partial charge in [-0.05, 0) is 13.8 Å². The van der Waals surface area contributed by atoms with Crippen molar-refractivity contribution in [2.45, 2.75) is 32.5 Å². The van der Waals surface area contributed by atoms with Crippen molar-refractivity contribution in [2.75, 3.05) is 13.1 Å². The van der Waals surface area contributed by atoms with E-state index in [4.69, 9.17) is 5.73 Å². The summed E-state index contributed by atoms with van der Waals surface area (Å²) in [4.78, 5) is 2.44. The zero-order chi connectivity index (χ0) is 10.1. The smallest absolute Gasteiger partial charge is 0.0773 e. The molecular formula is C10H18N4. The summed E-state index contributed by atoms with van der Waals surface area (Å²) in [5.41, 5.74) is 6.65. The van der Waals surface area contributed by atoms with Crippen LogP contribution < -0.4 is 5.73 Å². The lowest BCUT2D eigenvalue weighted by Crippen LogP contribution is -2.50. The zero-order valence-corrected chi connectivity index (χ0v) is 8.85. The van der Waals surface area contributed by atoms with Crippen LogP contribution >= 0.6 is 0 Å². The summed E-state index contributed by atoms with van der Waals surface area (Å²) in [6, 6.07) is 1.20. The van der Waals surface area contributed by atoms with Gasteiger partial charge >= 0.3 is 0 Å². The molecule has 0 bridgehead atoms. The van der Waals surface area contributed by atoms with Crippen molar-refractivity contribution in [3.63, 3.8) is 0 Å². The molecule has 2 heterocycles. The Morgan fingerprint density at radius 3 is 2.79 bits per heavy atom. The quantitative estimate of drug-likeness (QED) is 0.766. The minimum atomic E-state index is 0.553. The van der Waals surface area contributed by atoms with E-state index in [1.807, 2.05) is 10.9 Å². The zero-order valence-electron chi connectivity index (χ0n) is 8.85. The molecule has 0 radical (unpaired) electrons. The fraction of sp³-hybridized carbons (Fsp3) is 0.700. The van der Waals surface area contributed by atoms with E-state index in [1.54, 1.807) is 0 Å². The van der Waals surface area contributed by atoms with Gasteiger partial charge in [0, 0.05) is 37.4 Å². The molecule has 78 valence electrons. The molecule has 14 heavy (non-hydrogen) atoms. The number of nitrogens with zero attached hydrogens (tertiary/aromatic N) is 3. The molecule has 4 heteroatoms. The lowest BCUT2D eigenvalue weighted by Gasteiger charge is -2.41. The predicted octanol–water partition coefficient (Wildman–Crippen LogP) is 0.607. The molecule has 1 aliphatic rings. The van der Waals surface area contributed by atoms with Crippen molar-refractivity contribution in [1.29, 1.82) is 0 Å².